The van der Waals surface area contributed by atoms with Crippen molar-refractivity contribution in [3.8, 4) is 0 Å². The lowest BCUT2D eigenvalue weighted by molar-refractivity contribution is 0.161. The van der Waals surface area contributed by atoms with Crippen molar-refractivity contribution in [2.45, 2.75) is 0 Å². The molecule has 0 aromatic carbocycles. The number of carbonyl (C=O) groups excluding carboxylic acids is 1. The number of anilines is 2. The van der Waals surface area contributed by atoms with Crippen LogP contribution >= 0.6 is 11.6 Å². The zero-order chi connectivity index (χ0) is 11.3. The minimum atomic E-state index is -0.829. The number of nitrogens with zero attached hydrogens (tertiary/aromatic N) is 2. The Hall–Kier alpha value is -1.76. The van der Waals surface area contributed by atoms with Crippen molar-refractivity contribution in [2.24, 2.45) is 5.73 Å². The zero-order valence-corrected chi connectivity index (χ0v) is 8.49. The van der Waals surface area contributed by atoms with Crippen LogP contribution in [0.15, 0.2) is 6.33 Å². The van der Waals surface area contributed by atoms with Gasteiger partial charge in [-0.3, -0.25) is 0 Å². The van der Waals surface area contributed by atoms with Gasteiger partial charge in [-0.1, -0.05) is 11.6 Å². The van der Waals surface area contributed by atoms with Crippen LogP contribution in [0.5, 0.6) is 0 Å². The Balaban J connectivity index is 2.44. The molecule has 0 saturated heterocycles. The lowest BCUT2D eigenvalue weighted by atomic mass is 10.5. The van der Waals surface area contributed by atoms with Crippen molar-refractivity contribution >= 4 is 29.3 Å². The van der Waals surface area contributed by atoms with Crippen LogP contribution in [-0.4, -0.2) is 29.2 Å². The first kappa shape index (κ1) is 11.3. The fourth-order valence-corrected chi connectivity index (χ4v) is 0.992. The van der Waals surface area contributed by atoms with Crippen LogP contribution in [0.2, 0.25) is 5.02 Å². The van der Waals surface area contributed by atoms with Gasteiger partial charge in [0.2, 0.25) is 0 Å². The van der Waals surface area contributed by atoms with E-state index < -0.39 is 6.09 Å². The van der Waals surface area contributed by atoms with Gasteiger partial charge in [0.25, 0.3) is 0 Å². The van der Waals surface area contributed by atoms with Gasteiger partial charge < -0.3 is 21.5 Å². The Morgan fingerprint density at radius 3 is 3.00 bits per heavy atom. The maximum Gasteiger partial charge on any atom is 0.404 e. The molecule has 1 aromatic rings. The molecule has 15 heavy (non-hydrogen) atoms. The summed E-state index contributed by atoms with van der Waals surface area (Å²) in [5, 5.41) is 3.05. The molecule has 0 aliphatic heterocycles. The fourth-order valence-electron chi connectivity index (χ4n) is 0.828. The normalized spacial score (nSPS) is 9.67. The molecule has 0 aliphatic rings. The highest BCUT2D eigenvalue weighted by Crippen LogP contribution is 2.22. The maximum absolute atomic E-state index is 10.2. The second-order valence-electron chi connectivity index (χ2n) is 2.52. The smallest absolute Gasteiger partial charge is 0.404 e. The molecular formula is C7H10ClN5O2. The van der Waals surface area contributed by atoms with Crippen molar-refractivity contribution in [3.05, 3.63) is 11.3 Å². The number of nitrogen functional groups attached to an aromatic ring is 1. The summed E-state index contributed by atoms with van der Waals surface area (Å²) in [6.07, 6.45) is 0.448. The second kappa shape index (κ2) is 5.20. The molecule has 0 atom stereocenters. The van der Waals surface area contributed by atoms with Crippen LogP contribution < -0.4 is 16.8 Å². The lowest BCUT2D eigenvalue weighted by Gasteiger charge is -2.07. The Kier molecular flexibility index (Phi) is 3.92. The number of nitrogens with one attached hydrogen (secondary N) is 1. The molecule has 0 saturated carbocycles. The molecule has 1 aromatic heterocycles. The number of hydrogen-bond donors (Lipinski definition) is 3. The van der Waals surface area contributed by atoms with Gasteiger partial charge in [-0.15, -0.1) is 0 Å². The molecule has 1 amide bonds. The first-order valence-corrected chi connectivity index (χ1v) is 4.41. The number of ether oxygens (including phenoxy) is 1. The van der Waals surface area contributed by atoms with E-state index in [4.69, 9.17) is 23.1 Å². The lowest BCUT2D eigenvalue weighted by Crippen LogP contribution is -2.18. The van der Waals surface area contributed by atoms with Crippen LogP contribution in [0.3, 0.4) is 0 Å². The van der Waals surface area contributed by atoms with E-state index in [-0.39, 0.29) is 17.4 Å². The SMILES string of the molecule is NC(=O)OCCNc1ncnc(N)c1Cl. The highest BCUT2D eigenvalue weighted by molar-refractivity contribution is 6.35. The number of rotatable bonds is 4. The van der Waals surface area contributed by atoms with Gasteiger partial charge in [0.05, 0.1) is 6.54 Å². The van der Waals surface area contributed by atoms with E-state index in [0.29, 0.717) is 12.4 Å². The van der Waals surface area contributed by atoms with Gasteiger partial charge in [-0.25, -0.2) is 14.8 Å². The van der Waals surface area contributed by atoms with E-state index in [1.165, 1.54) is 6.33 Å². The van der Waals surface area contributed by atoms with Gasteiger partial charge in [-0.2, -0.15) is 0 Å². The molecule has 0 spiro atoms. The van der Waals surface area contributed by atoms with Gasteiger partial charge in [-0.05, 0) is 0 Å². The molecule has 0 radical (unpaired) electrons. The van der Waals surface area contributed by atoms with Crippen molar-refractivity contribution in [2.75, 3.05) is 24.2 Å². The number of primary amides is 1. The molecule has 0 bridgehead atoms. The van der Waals surface area contributed by atoms with E-state index >= 15 is 0 Å². The molecule has 7 nitrogen and oxygen atoms in total. The molecular weight excluding hydrogens is 222 g/mol. The van der Waals surface area contributed by atoms with Crippen LogP contribution in [-0.2, 0) is 4.74 Å². The van der Waals surface area contributed by atoms with E-state index in [0.717, 1.165) is 0 Å². The zero-order valence-electron chi connectivity index (χ0n) is 7.74. The summed E-state index contributed by atoms with van der Waals surface area (Å²) in [7, 11) is 0. The van der Waals surface area contributed by atoms with Gasteiger partial charge >= 0.3 is 6.09 Å². The van der Waals surface area contributed by atoms with Crippen molar-refractivity contribution in [1.82, 2.24) is 9.97 Å². The summed E-state index contributed by atoms with van der Waals surface area (Å²) in [6.45, 7) is 0.453. The molecule has 0 aliphatic carbocycles. The van der Waals surface area contributed by atoms with Crippen LogP contribution in [0, 0.1) is 0 Å². The Labute approximate surface area is 90.8 Å². The van der Waals surface area contributed by atoms with Gasteiger partial charge in [0.15, 0.2) is 5.82 Å². The van der Waals surface area contributed by atoms with Crippen molar-refractivity contribution in [3.63, 3.8) is 0 Å². The van der Waals surface area contributed by atoms with Crippen LogP contribution in [0.1, 0.15) is 0 Å². The second-order valence-corrected chi connectivity index (χ2v) is 2.89. The largest absolute Gasteiger partial charge is 0.448 e. The fraction of sp³-hybridized carbons (Fsp3) is 0.286. The Morgan fingerprint density at radius 1 is 1.60 bits per heavy atom. The van der Waals surface area contributed by atoms with Crippen molar-refractivity contribution in [1.29, 1.82) is 0 Å². The first-order valence-electron chi connectivity index (χ1n) is 4.03. The molecule has 0 fully saturated rings. The summed E-state index contributed by atoms with van der Waals surface area (Å²) in [5.74, 6) is 0.572. The summed E-state index contributed by atoms with van der Waals surface area (Å²) in [6, 6.07) is 0. The van der Waals surface area contributed by atoms with E-state index in [1.807, 2.05) is 0 Å². The summed E-state index contributed by atoms with van der Waals surface area (Å²) >= 11 is 5.79. The molecule has 1 heterocycles. The quantitative estimate of drug-likeness (QED) is 0.639. The maximum atomic E-state index is 10.2. The topological polar surface area (TPSA) is 116 Å². The van der Waals surface area contributed by atoms with E-state index in [9.17, 15) is 4.79 Å². The predicted octanol–water partition coefficient (Wildman–Crippen LogP) is 0.219. The molecule has 5 N–H and O–H groups in total. The Morgan fingerprint density at radius 2 is 2.33 bits per heavy atom. The van der Waals surface area contributed by atoms with Crippen molar-refractivity contribution < 1.29 is 9.53 Å². The Bertz CT molecular complexity index is 359. The van der Waals surface area contributed by atoms with Gasteiger partial charge in [0.1, 0.15) is 23.8 Å². The first-order chi connectivity index (χ1) is 7.11. The summed E-state index contributed by atoms with van der Waals surface area (Å²) in [4.78, 5) is 17.8. The number of halogens is 1. The standard InChI is InChI=1S/C7H10ClN5O2/c8-4-5(9)12-3-13-6(4)11-1-2-15-7(10)14/h3H,1-2H2,(H2,10,14)(H3,9,11,12,13). The van der Waals surface area contributed by atoms with Gasteiger partial charge in [0, 0.05) is 0 Å². The highest BCUT2D eigenvalue weighted by Gasteiger charge is 2.05. The van der Waals surface area contributed by atoms with Crippen LogP contribution in [0.25, 0.3) is 0 Å². The number of amides is 1. The summed E-state index contributed by atoms with van der Waals surface area (Å²) in [5.41, 5.74) is 10.2. The third-order valence-electron chi connectivity index (χ3n) is 1.46. The number of nitrogens with two attached hydrogens (primary N) is 2. The summed E-state index contributed by atoms with van der Waals surface area (Å²) < 4.78 is 4.49. The predicted molar refractivity (Wildman–Crippen MR) is 55.5 cm³/mol. The number of hydrogen-bond acceptors (Lipinski definition) is 6. The number of aromatic nitrogens is 2. The average Bonchev–Trinajstić information content (AvgIpc) is 2.18. The monoisotopic (exact) mass is 231 g/mol. The molecule has 0 unspecified atom stereocenters. The van der Waals surface area contributed by atoms with E-state index in [1.54, 1.807) is 0 Å². The average molecular weight is 232 g/mol. The third kappa shape index (κ3) is 3.47. The molecule has 82 valence electrons. The van der Waals surface area contributed by atoms with Crippen LogP contribution in [0.4, 0.5) is 16.4 Å². The third-order valence-corrected chi connectivity index (χ3v) is 1.83. The molecule has 1 rings (SSSR count). The minimum absolute atomic E-state index is 0.121. The number of carbonyl (C=O) groups is 1. The highest BCUT2D eigenvalue weighted by atomic mass is 35.5. The van der Waals surface area contributed by atoms with E-state index in [2.05, 4.69) is 20.0 Å². The minimum Gasteiger partial charge on any atom is -0.448 e. The molecule has 8 heteroatoms.